The van der Waals surface area contributed by atoms with Crippen LogP contribution in [0.5, 0.6) is 0 Å². The van der Waals surface area contributed by atoms with Gasteiger partial charge in [0.25, 0.3) is 0 Å². The summed E-state index contributed by atoms with van der Waals surface area (Å²) in [5, 5.41) is 0. The second kappa shape index (κ2) is 4.01. The van der Waals surface area contributed by atoms with Crippen LogP contribution in [0.3, 0.4) is 0 Å². The number of nitrogens with zero attached hydrogens (tertiary/aromatic N) is 2. The van der Waals surface area contributed by atoms with Crippen molar-refractivity contribution in [3.05, 3.63) is 41.4 Å². The fourth-order valence-corrected chi connectivity index (χ4v) is 1.03. The van der Waals surface area contributed by atoms with E-state index in [1.165, 1.54) is 0 Å². The molecule has 1 aliphatic rings. The largest absolute Gasteiger partial charge is 0.371 e. The van der Waals surface area contributed by atoms with Crippen molar-refractivity contribution in [1.82, 2.24) is 9.80 Å². The van der Waals surface area contributed by atoms with Gasteiger partial charge < -0.3 is 9.80 Å². The predicted molar refractivity (Wildman–Crippen MR) is 56.2 cm³/mol. The SMILES string of the molecule is CN(C)C1=C=C(N(C)C)C=CC=C1. The maximum Gasteiger partial charge on any atom is 0.0815 e. The van der Waals surface area contributed by atoms with Crippen LogP contribution in [0, 0.1) is 0 Å². The lowest BCUT2D eigenvalue weighted by Crippen LogP contribution is -2.11. The molecule has 0 fully saturated rings. The summed E-state index contributed by atoms with van der Waals surface area (Å²) in [6.07, 6.45) is 8.15. The summed E-state index contributed by atoms with van der Waals surface area (Å²) in [4.78, 5) is 4.10. The molecule has 0 unspecified atom stereocenters. The summed E-state index contributed by atoms with van der Waals surface area (Å²) in [6.45, 7) is 0. The third kappa shape index (κ3) is 2.53. The van der Waals surface area contributed by atoms with Crippen LogP contribution in [-0.2, 0) is 0 Å². The van der Waals surface area contributed by atoms with Crippen molar-refractivity contribution in [2.45, 2.75) is 0 Å². The fraction of sp³-hybridized carbons (Fsp3) is 0.364. The van der Waals surface area contributed by atoms with Crippen molar-refractivity contribution < 1.29 is 0 Å². The quantitative estimate of drug-likeness (QED) is 0.590. The number of likely N-dealkylation sites (N-methyl/N-ethyl adjacent to an activating group) is 2. The molecule has 0 spiro atoms. The molecule has 0 aromatic rings. The molecule has 0 saturated heterocycles. The van der Waals surface area contributed by atoms with Gasteiger partial charge in [-0.15, -0.1) is 0 Å². The molecule has 70 valence electrons. The third-order valence-electron chi connectivity index (χ3n) is 1.84. The van der Waals surface area contributed by atoms with Gasteiger partial charge in [-0.1, -0.05) is 17.9 Å². The van der Waals surface area contributed by atoms with E-state index < -0.39 is 0 Å². The molecule has 1 rings (SSSR count). The zero-order chi connectivity index (χ0) is 9.84. The Morgan fingerprint density at radius 1 is 0.846 bits per heavy atom. The molecule has 0 aromatic carbocycles. The van der Waals surface area contributed by atoms with Gasteiger partial charge in [-0.05, 0) is 12.2 Å². The van der Waals surface area contributed by atoms with Crippen LogP contribution in [0.2, 0.25) is 0 Å². The van der Waals surface area contributed by atoms with Crippen molar-refractivity contribution in [2.24, 2.45) is 0 Å². The first-order valence-electron chi connectivity index (χ1n) is 4.31. The summed E-state index contributed by atoms with van der Waals surface area (Å²) < 4.78 is 0. The number of hydrogen-bond acceptors (Lipinski definition) is 2. The average Bonchev–Trinajstić information content (AvgIpc) is 2.28. The molecule has 2 nitrogen and oxygen atoms in total. The van der Waals surface area contributed by atoms with Crippen LogP contribution in [0.1, 0.15) is 0 Å². The molecule has 0 radical (unpaired) electrons. The Balaban J connectivity index is 3.10. The van der Waals surface area contributed by atoms with Crippen molar-refractivity contribution in [1.29, 1.82) is 0 Å². The van der Waals surface area contributed by atoms with Crippen LogP contribution in [0.25, 0.3) is 0 Å². The molecular weight excluding hydrogens is 160 g/mol. The molecule has 0 amide bonds. The Morgan fingerprint density at radius 2 is 1.23 bits per heavy atom. The van der Waals surface area contributed by atoms with Gasteiger partial charge in [-0.2, -0.15) is 0 Å². The van der Waals surface area contributed by atoms with E-state index >= 15 is 0 Å². The molecule has 1 aliphatic carbocycles. The number of hydrogen-bond donors (Lipinski definition) is 0. The molecule has 0 bridgehead atoms. The van der Waals surface area contributed by atoms with Crippen molar-refractivity contribution in [3.8, 4) is 0 Å². The van der Waals surface area contributed by atoms with Crippen molar-refractivity contribution in [2.75, 3.05) is 28.2 Å². The summed E-state index contributed by atoms with van der Waals surface area (Å²) in [5.74, 6) is 0. The Hall–Kier alpha value is -1.40. The van der Waals surface area contributed by atoms with E-state index in [1.807, 2.05) is 62.3 Å². The lowest BCUT2D eigenvalue weighted by molar-refractivity contribution is 0.515. The monoisotopic (exact) mass is 176 g/mol. The van der Waals surface area contributed by atoms with E-state index in [-0.39, 0.29) is 0 Å². The lowest BCUT2D eigenvalue weighted by Gasteiger charge is -2.13. The Morgan fingerprint density at radius 3 is 1.54 bits per heavy atom. The van der Waals surface area contributed by atoms with Crippen LogP contribution in [-0.4, -0.2) is 38.0 Å². The first kappa shape index (κ1) is 9.69. The summed E-state index contributed by atoms with van der Waals surface area (Å²) in [7, 11) is 8.08. The molecular formula is C11H16N2. The molecule has 0 atom stereocenters. The maximum atomic E-state index is 3.33. The van der Waals surface area contributed by atoms with E-state index in [1.54, 1.807) is 0 Å². The molecule has 0 saturated carbocycles. The molecule has 0 heterocycles. The third-order valence-corrected chi connectivity index (χ3v) is 1.84. The van der Waals surface area contributed by atoms with Crippen molar-refractivity contribution in [3.63, 3.8) is 0 Å². The molecule has 13 heavy (non-hydrogen) atoms. The summed E-state index contributed by atoms with van der Waals surface area (Å²) in [5.41, 5.74) is 5.51. The smallest absolute Gasteiger partial charge is 0.0815 e. The zero-order valence-electron chi connectivity index (χ0n) is 8.70. The topological polar surface area (TPSA) is 6.48 Å². The average molecular weight is 176 g/mol. The van der Waals surface area contributed by atoms with E-state index in [0.29, 0.717) is 0 Å². The minimum absolute atomic E-state index is 1.09. The predicted octanol–water partition coefficient (Wildman–Crippen LogP) is 1.60. The fourth-order valence-electron chi connectivity index (χ4n) is 1.03. The highest BCUT2D eigenvalue weighted by molar-refractivity contribution is 5.31. The van der Waals surface area contributed by atoms with E-state index in [4.69, 9.17) is 0 Å². The van der Waals surface area contributed by atoms with Crippen LogP contribution >= 0.6 is 0 Å². The summed E-state index contributed by atoms with van der Waals surface area (Å²) in [6, 6.07) is 0. The molecule has 0 N–H and O–H groups in total. The van der Waals surface area contributed by atoms with Crippen LogP contribution < -0.4 is 0 Å². The Bertz CT molecular complexity index is 272. The minimum atomic E-state index is 1.09. The lowest BCUT2D eigenvalue weighted by atomic mass is 10.3. The Kier molecular flexibility index (Phi) is 2.99. The molecule has 2 heteroatoms. The van der Waals surface area contributed by atoms with Gasteiger partial charge in [0.15, 0.2) is 0 Å². The first-order valence-corrected chi connectivity index (χ1v) is 4.31. The minimum Gasteiger partial charge on any atom is -0.371 e. The van der Waals surface area contributed by atoms with Gasteiger partial charge in [-0.25, -0.2) is 0 Å². The van der Waals surface area contributed by atoms with Crippen LogP contribution in [0.15, 0.2) is 41.4 Å². The van der Waals surface area contributed by atoms with Crippen LogP contribution in [0.4, 0.5) is 0 Å². The second-order valence-corrected chi connectivity index (χ2v) is 3.40. The van der Waals surface area contributed by atoms with E-state index in [0.717, 1.165) is 11.4 Å². The summed E-state index contributed by atoms with van der Waals surface area (Å²) >= 11 is 0. The van der Waals surface area contributed by atoms with Gasteiger partial charge in [0, 0.05) is 28.2 Å². The van der Waals surface area contributed by atoms with Gasteiger partial charge in [0.05, 0.1) is 11.4 Å². The zero-order valence-corrected chi connectivity index (χ0v) is 8.70. The molecule has 0 aromatic heterocycles. The van der Waals surface area contributed by atoms with Gasteiger partial charge in [0.1, 0.15) is 0 Å². The standard InChI is InChI=1S/C11H16N2/c1-12(2)10-7-5-6-8-11(9-10)13(3)4/h5-8H,1-4H3. The number of allylic oxidation sites excluding steroid dienone is 3. The Labute approximate surface area is 80.1 Å². The highest BCUT2D eigenvalue weighted by Crippen LogP contribution is 2.08. The molecule has 0 aliphatic heterocycles. The normalized spacial score (nSPS) is 14.8. The van der Waals surface area contributed by atoms with Gasteiger partial charge >= 0.3 is 0 Å². The van der Waals surface area contributed by atoms with Crippen molar-refractivity contribution >= 4 is 0 Å². The highest BCUT2D eigenvalue weighted by atomic mass is 15.1. The van der Waals surface area contributed by atoms with Gasteiger partial charge in [-0.3, -0.25) is 0 Å². The second-order valence-electron chi connectivity index (χ2n) is 3.40. The highest BCUT2D eigenvalue weighted by Gasteiger charge is 1.98. The van der Waals surface area contributed by atoms with Gasteiger partial charge in [0.2, 0.25) is 0 Å². The number of rotatable bonds is 2. The first-order chi connectivity index (χ1) is 6.11. The van der Waals surface area contributed by atoms with E-state index in [9.17, 15) is 0 Å². The van der Waals surface area contributed by atoms with E-state index in [2.05, 4.69) is 5.73 Å². The maximum absolute atomic E-state index is 3.33.